The number of halogens is 1. The smallest absolute Gasteiger partial charge is 0.166 e. The molecule has 0 spiro atoms. The Morgan fingerprint density at radius 2 is 1.94 bits per heavy atom. The molecule has 1 unspecified atom stereocenters. The summed E-state index contributed by atoms with van der Waals surface area (Å²) in [6.45, 7) is 2.04. The molecule has 0 radical (unpaired) electrons. The van der Waals surface area contributed by atoms with Gasteiger partial charge in [-0.2, -0.15) is 0 Å². The molecule has 1 aromatic rings. The van der Waals surface area contributed by atoms with E-state index in [0.717, 1.165) is 18.4 Å². The molecule has 0 aromatic heterocycles. The average Bonchev–Trinajstić information content (AvgIpc) is 2.54. The van der Waals surface area contributed by atoms with Crippen LogP contribution in [0.25, 0.3) is 0 Å². The number of aryl methyl sites for hydroxylation is 1. The zero-order chi connectivity index (χ0) is 12.0. The number of Topliss-reactive ketones (excluding diaryl/α,β-unsaturated/α-hetero) is 1. The highest BCUT2D eigenvalue weighted by Gasteiger charge is 2.31. The minimum atomic E-state index is 0.173. The summed E-state index contributed by atoms with van der Waals surface area (Å²) in [6.07, 6.45) is 7.10. The van der Waals surface area contributed by atoms with Crippen molar-refractivity contribution in [2.75, 3.05) is 0 Å². The first-order valence-electron chi connectivity index (χ1n) is 6.56. The number of fused-ring (bicyclic) bond motifs is 2. The van der Waals surface area contributed by atoms with E-state index >= 15 is 0 Å². The fraction of sp³-hybridized carbons (Fsp3) is 0.533. The Labute approximate surface area is 111 Å². The quantitative estimate of drug-likeness (QED) is 0.658. The number of carbonyl (C=O) groups is 1. The highest BCUT2D eigenvalue weighted by Crippen LogP contribution is 2.38. The van der Waals surface area contributed by atoms with Crippen molar-refractivity contribution in [3.63, 3.8) is 0 Å². The summed E-state index contributed by atoms with van der Waals surface area (Å²) in [6, 6.07) is 2.19. The molecule has 1 aromatic carbocycles. The van der Waals surface area contributed by atoms with Crippen molar-refractivity contribution in [1.82, 2.24) is 0 Å². The van der Waals surface area contributed by atoms with Crippen molar-refractivity contribution in [2.24, 2.45) is 5.92 Å². The second-order valence-electron chi connectivity index (χ2n) is 5.38. The number of rotatable bonds is 0. The zero-order valence-corrected chi connectivity index (χ0v) is 11.8. The molecule has 2 heteroatoms. The van der Waals surface area contributed by atoms with E-state index < -0.39 is 0 Å². The molecule has 0 saturated carbocycles. The third-order valence-electron chi connectivity index (χ3n) is 4.16. The van der Waals surface area contributed by atoms with E-state index in [1.807, 2.05) is 6.92 Å². The van der Waals surface area contributed by atoms with Crippen LogP contribution in [-0.2, 0) is 19.3 Å². The van der Waals surface area contributed by atoms with Gasteiger partial charge < -0.3 is 0 Å². The van der Waals surface area contributed by atoms with Gasteiger partial charge in [-0.05, 0) is 54.9 Å². The van der Waals surface area contributed by atoms with Gasteiger partial charge in [-0.3, -0.25) is 4.79 Å². The molecule has 0 N–H and O–H groups in total. The number of benzene rings is 1. The van der Waals surface area contributed by atoms with Crippen LogP contribution in [-0.4, -0.2) is 5.78 Å². The molecule has 2 aliphatic carbocycles. The minimum Gasteiger partial charge on any atom is -0.294 e. The van der Waals surface area contributed by atoms with Crippen LogP contribution in [0.4, 0.5) is 0 Å². The van der Waals surface area contributed by atoms with E-state index in [1.54, 1.807) is 0 Å². The van der Waals surface area contributed by atoms with Gasteiger partial charge >= 0.3 is 0 Å². The highest BCUT2D eigenvalue weighted by atomic mass is 79.9. The molecule has 17 heavy (non-hydrogen) atoms. The van der Waals surface area contributed by atoms with Crippen molar-refractivity contribution in [1.29, 1.82) is 0 Å². The molecule has 0 saturated heterocycles. The van der Waals surface area contributed by atoms with E-state index in [-0.39, 0.29) is 5.92 Å². The van der Waals surface area contributed by atoms with Crippen LogP contribution in [0.15, 0.2) is 10.5 Å². The second kappa shape index (κ2) is 4.24. The first kappa shape index (κ1) is 11.5. The lowest BCUT2D eigenvalue weighted by Gasteiger charge is -2.12. The third-order valence-corrected chi connectivity index (χ3v) is 5.11. The fourth-order valence-corrected chi connectivity index (χ4v) is 3.99. The van der Waals surface area contributed by atoms with Crippen molar-refractivity contribution in [3.8, 4) is 0 Å². The topological polar surface area (TPSA) is 17.1 Å². The highest BCUT2D eigenvalue weighted by molar-refractivity contribution is 9.10. The summed E-state index contributed by atoms with van der Waals surface area (Å²) in [7, 11) is 0. The van der Waals surface area contributed by atoms with Crippen LogP contribution >= 0.6 is 15.9 Å². The van der Waals surface area contributed by atoms with Crippen molar-refractivity contribution >= 4 is 21.7 Å². The molecule has 1 atom stereocenters. The van der Waals surface area contributed by atoms with E-state index in [9.17, 15) is 4.79 Å². The van der Waals surface area contributed by atoms with Crippen molar-refractivity contribution in [2.45, 2.75) is 45.4 Å². The first-order valence-corrected chi connectivity index (χ1v) is 7.35. The van der Waals surface area contributed by atoms with Crippen LogP contribution < -0.4 is 0 Å². The minimum absolute atomic E-state index is 0.173. The lowest BCUT2D eigenvalue weighted by molar-refractivity contribution is 0.0946. The maximum Gasteiger partial charge on any atom is 0.166 e. The van der Waals surface area contributed by atoms with Crippen molar-refractivity contribution in [3.05, 3.63) is 32.8 Å². The Balaban J connectivity index is 2.17. The molecule has 0 heterocycles. The maximum absolute atomic E-state index is 12.1. The fourth-order valence-electron chi connectivity index (χ4n) is 3.16. The lowest BCUT2D eigenvalue weighted by atomic mass is 9.96. The summed E-state index contributed by atoms with van der Waals surface area (Å²) < 4.78 is 1.24. The van der Waals surface area contributed by atoms with Crippen LogP contribution in [0, 0.1) is 5.92 Å². The number of hydrogen-bond donors (Lipinski definition) is 0. The maximum atomic E-state index is 12.1. The molecule has 1 nitrogen and oxygen atoms in total. The number of carbonyl (C=O) groups excluding carboxylic acids is 1. The first-order chi connectivity index (χ1) is 8.18. The van der Waals surface area contributed by atoms with Gasteiger partial charge in [0.05, 0.1) is 0 Å². The normalized spacial score (nSPS) is 23.2. The molecular weight excluding hydrogens is 276 g/mol. The molecule has 0 bridgehead atoms. The van der Waals surface area contributed by atoms with Gasteiger partial charge in [0.15, 0.2) is 5.78 Å². The SMILES string of the molecule is CC1Cc2c(cc3c(c2Br)CCCCC3)C1=O. The molecule has 0 fully saturated rings. The van der Waals surface area contributed by atoms with Gasteiger partial charge in [-0.1, -0.05) is 29.3 Å². The van der Waals surface area contributed by atoms with Gasteiger partial charge in [0, 0.05) is 16.0 Å². The van der Waals surface area contributed by atoms with Gasteiger partial charge in [0.25, 0.3) is 0 Å². The molecule has 0 amide bonds. The lowest BCUT2D eigenvalue weighted by Crippen LogP contribution is -2.04. The molecule has 3 rings (SSSR count). The van der Waals surface area contributed by atoms with Gasteiger partial charge in [0.1, 0.15) is 0 Å². The van der Waals surface area contributed by atoms with Crippen LogP contribution in [0.3, 0.4) is 0 Å². The summed E-state index contributed by atoms with van der Waals surface area (Å²) in [5, 5.41) is 0. The second-order valence-corrected chi connectivity index (χ2v) is 6.18. The van der Waals surface area contributed by atoms with E-state index in [4.69, 9.17) is 0 Å². The van der Waals surface area contributed by atoms with Gasteiger partial charge in [-0.25, -0.2) is 0 Å². The Bertz CT molecular complexity index is 490. The Morgan fingerprint density at radius 3 is 2.76 bits per heavy atom. The largest absolute Gasteiger partial charge is 0.294 e. The predicted molar refractivity (Wildman–Crippen MR) is 72.6 cm³/mol. The average molecular weight is 293 g/mol. The Kier molecular flexibility index (Phi) is 2.86. The summed E-state index contributed by atoms with van der Waals surface area (Å²) >= 11 is 3.76. The molecular formula is C15H17BrO. The van der Waals surface area contributed by atoms with Gasteiger partial charge in [0.2, 0.25) is 0 Å². The van der Waals surface area contributed by atoms with Crippen molar-refractivity contribution < 1.29 is 4.79 Å². The molecule has 90 valence electrons. The summed E-state index contributed by atoms with van der Waals surface area (Å²) in [5.74, 6) is 0.514. The van der Waals surface area contributed by atoms with E-state index in [2.05, 4.69) is 22.0 Å². The Hall–Kier alpha value is -0.630. The zero-order valence-electron chi connectivity index (χ0n) is 10.2. The number of ketones is 1. The van der Waals surface area contributed by atoms with Gasteiger partial charge in [-0.15, -0.1) is 0 Å². The van der Waals surface area contributed by atoms with E-state index in [1.165, 1.54) is 46.8 Å². The third kappa shape index (κ3) is 1.77. The molecule has 0 aliphatic heterocycles. The van der Waals surface area contributed by atoms with Crippen LogP contribution in [0.2, 0.25) is 0 Å². The summed E-state index contributed by atoms with van der Waals surface area (Å²) in [4.78, 5) is 12.1. The van der Waals surface area contributed by atoms with Crippen LogP contribution in [0.1, 0.15) is 53.2 Å². The predicted octanol–water partition coefficient (Wildman–Crippen LogP) is 4.09. The number of hydrogen-bond acceptors (Lipinski definition) is 1. The summed E-state index contributed by atoms with van der Waals surface area (Å²) in [5.41, 5.74) is 5.15. The molecule has 2 aliphatic rings. The monoisotopic (exact) mass is 292 g/mol. The standard InChI is InChI=1S/C15H17BrO/c1-9-7-12-13(15(9)17)8-10-5-3-2-4-6-11(10)14(12)16/h8-9H,2-7H2,1H3. The van der Waals surface area contributed by atoms with Crippen LogP contribution in [0.5, 0.6) is 0 Å². The Morgan fingerprint density at radius 1 is 1.18 bits per heavy atom. The van der Waals surface area contributed by atoms with E-state index in [0.29, 0.717) is 5.78 Å².